The number of nitrogens with one attached hydrogen (secondary N) is 1. The van der Waals surface area contributed by atoms with Crippen LogP contribution in [0.25, 0.3) is 0 Å². The first-order valence-corrected chi connectivity index (χ1v) is 5.89. The molecule has 0 fully saturated rings. The van der Waals surface area contributed by atoms with E-state index in [4.69, 9.17) is 11.6 Å². The van der Waals surface area contributed by atoms with Crippen LogP contribution in [0.15, 0.2) is 36.5 Å². The molecule has 0 aliphatic carbocycles. The number of thiazole rings is 1. The molecule has 0 radical (unpaired) electrons. The Morgan fingerprint density at radius 1 is 1.20 bits per heavy atom. The summed E-state index contributed by atoms with van der Waals surface area (Å²) in [7, 11) is 0. The zero-order valence-corrected chi connectivity index (χ0v) is 9.68. The molecule has 1 aromatic carbocycles. The van der Waals surface area contributed by atoms with Gasteiger partial charge >= 0.3 is 0 Å². The standard InChI is InChI=1S/C11H11ClN2S/c12-11-14-8-10(15-11)7-13-6-9-4-2-1-3-5-9/h1-5,8,13H,6-7H2. The molecule has 0 saturated carbocycles. The Hall–Kier alpha value is -0.900. The smallest absolute Gasteiger partial charge is 0.183 e. The van der Waals surface area contributed by atoms with Gasteiger partial charge in [-0.05, 0) is 5.56 Å². The molecule has 0 atom stereocenters. The van der Waals surface area contributed by atoms with Crippen molar-refractivity contribution in [3.05, 3.63) is 51.4 Å². The number of hydrogen-bond acceptors (Lipinski definition) is 3. The van der Waals surface area contributed by atoms with Gasteiger partial charge in [0.15, 0.2) is 4.47 Å². The summed E-state index contributed by atoms with van der Waals surface area (Å²) in [6.07, 6.45) is 1.81. The van der Waals surface area contributed by atoms with Gasteiger partial charge in [0.25, 0.3) is 0 Å². The Kier molecular flexibility index (Phi) is 3.72. The molecule has 15 heavy (non-hydrogen) atoms. The van der Waals surface area contributed by atoms with Crippen molar-refractivity contribution >= 4 is 22.9 Å². The van der Waals surface area contributed by atoms with Gasteiger partial charge in [-0.25, -0.2) is 4.98 Å². The third-order valence-corrected chi connectivity index (χ3v) is 3.11. The van der Waals surface area contributed by atoms with Gasteiger partial charge in [0.2, 0.25) is 0 Å². The van der Waals surface area contributed by atoms with Gasteiger partial charge in [-0.2, -0.15) is 0 Å². The average molecular weight is 239 g/mol. The van der Waals surface area contributed by atoms with Gasteiger partial charge in [0.1, 0.15) is 0 Å². The normalized spacial score (nSPS) is 10.5. The Morgan fingerprint density at radius 2 is 2.00 bits per heavy atom. The Labute approximate surface area is 97.9 Å². The Balaban J connectivity index is 1.80. The fourth-order valence-electron chi connectivity index (χ4n) is 1.29. The molecule has 0 aliphatic rings. The van der Waals surface area contributed by atoms with Crippen molar-refractivity contribution in [2.24, 2.45) is 0 Å². The molecule has 1 heterocycles. The molecule has 1 aromatic heterocycles. The molecule has 4 heteroatoms. The van der Waals surface area contributed by atoms with Gasteiger partial charge in [-0.15, -0.1) is 11.3 Å². The number of aromatic nitrogens is 1. The summed E-state index contributed by atoms with van der Waals surface area (Å²) in [5.41, 5.74) is 1.29. The van der Waals surface area contributed by atoms with E-state index >= 15 is 0 Å². The molecular formula is C11H11ClN2S. The maximum absolute atomic E-state index is 5.74. The molecule has 78 valence electrons. The van der Waals surface area contributed by atoms with Crippen LogP contribution in [0.5, 0.6) is 0 Å². The van der Waals surface area contributed by atoms with Crippen molar-refractivity contribution in [2.45, 2.75) is 13.1 Å². The topological polar surface area (TPSA) is 24.9 Å². The van der Waals surface area contributed by atoms with E-state index in [1.807, 2.05) is 24.4 Å². The zero-order chi connectivity index (χ0) is 10.5. The van der Waals surface area contributed by atoms with Crippen molar-refractivity contribution in [1.29, 1.82) is 0 Å². The fraction of sp³-hybridized carbons (Fsp3) is 0.182. The lowest BCUT2D eigenvalue weighted by Crippen LogP contribution is -2.11. The number of benzene rings is 1. The van der Waals surface area contributed by atoms with Crippen LogP contribution in [0, 0.1) is 0 Å². The largest absolute Gasteiger partial charge is 0.308 e. The Bertz CT molecular complexity index is 414. The van der Waals surface area contributed by atoms with E-state index in [0.717, 1.165) is 18.0 Å². The van der Waals surface area contributed by atoms with E-state index in [9.17, 15) is 0 Å². The van der Waals surface area contributed by atoms with Crippen LogP contribution in [0.4, 0.5) is 0 Å². The van der Waals surface area contributed by atoms with Crippen LogP contribution in [0.1, 0.15) is 10.4 Å². The maximum atomic E-state index is 5.74. The molecule has 0 bridgehead atoms. The molecule has 0 saturated heterocycles. The van der Waals surface area contributed by atoms with Crippen molar-refractivity contribution in [2.75, 3.05) is 0 Å². The summed E-state index contributed by atoms with van der Waals surface area (Å²) in [6.45, 7) is 1.69. The van der Waals surface area contributed by atoms with E-state index in [0.29, 0.717) is 4.47 Å². The minimum absolute atomic E-state index is 0.603. The molecule has 0 amide bonds. The number of rotatable bonds is 4. The number of halogens is 1. The maximum Gasteiger partial charge on any atom is 0.183 e. The van der Waals surface area contributed by atoms with E-state index in [1.165, 1.54) is 16.9 Å². The Morgan fingerprint density at radius 3 is 2.67 bits per heavy atom. The lowest BCUT2D eigenvalue weighted by molar-refractivity contribution is 0.700. The highest BCUT2D eigenvalue weighted by Crippen LogP contribution is 2.17. The second-order valence-corrected chi connectivity index (χ2v) is 4.87. The summed E-state index contributed by atoms with van der Waals surface area (Å²) >= 11 is 7.25. The number of hydrogen-bond donors (Lipinski definition) is 1. The fourth-order valence-corrected chi connectivity index (χ4v) is 2.24. The molecule has 0 spiro atoms. The summed E-state index contributed by atoms with van der Waals surface area (Å²) in [5.74, 6) is 0. The highest BCUT2D eigenvalue weighted by Gasteiger charge is 1.98. The predicted octanol–water partition coefficient (Wildman–Crippen LogP) is 3.09. The van der Waals surface area contributed by atoms with Crippen molar-refractivity contribution in [3.63, 3.8) is 0 Å². The third kappa shape index (κ3) is 3.30. The number of nitrogens with zero attached hydrogens (tertiary/aromatic N) is 1. The SMILES string of the molecule is Clc1ncc(CNCc2ccccc2)s1. The molecule has 0 unspecified atom stereocenters. The van der Waals surface area contributed by atoms with Gasteiger partial charge in [-0.3, -0.25) is 0 Å². The van der Waals surface area contributed by atoms with Crippen LogP contribution < -0.4 is 5.32 Å². The first-order chi connectivity index (χ1) is 7.34. The van der Waals surface area contributed by atoms with Gasteiger partial charge in [-0.1, -0.05) is 41.9 Å². The summed E-state index contributed by atoms with van der Waals surface area (Å²) in [6, 6.07) is 10.3. The van der Waals surface area contributed by atoms with Crippen LogP contribution in [-0.2, 0) is 13.1 Å². The monoisotopic (exact) mass is 238 g/mol. The van der Waals surface area contributed by atoms with Crippen LogP contribution >= 0.6 is 22.9 Å². The van der Waals surface area contributed by atoms with E-state index < -0.39 is 0 Å². The van der Waals surface area contributed by atoms with E-state index in [2.05, 4.69) is 22.4 Å². The minimum Gasteiger partial charge on any atom is -0.308 e. The van der Waals surface area contributed by atoms with Crippen LogP contribution in [-0.4, -0.2) is 4.98 Å². The van der Waals surface area contributed by atoms with Gasteiger partial charge in [0.05, 0.1) is 0 Å². The third-order valence-electron chi connectivity index (χ3n) is 2.00. The predicted molar refractivity (Wildman–Crippen MR) is 64.1 cm³/mol. The highest BCUT2D eigenvalue weighted by atomic mass is 35.5. The minimum atomic E-state index is 0.603. The summed E-state index contributed by atoms with van der Waals surface area (Å²) < 4.78 is 0.603. The summed E-state index contributed by atoms with van der Waals surface area (Å²) in [4.78, 5) is 5.15. The van der Waals surface area contributed by atoms with Gasteiger partial charge in [0, 0.05) is 24.2 Å². The highest BCUT2D eigenvalue weighted by molar-refractivity contribution is 7.15. The first kappa shape index (κ1) is 10.6. The molecular weight excluding hydrogens is 228 g/mol. The van der Waals surface area contributed by atoms with Crippen molar-refractivity contribution < 1.29 is 0 Å². The van der Waals surface area contributed by atoms with Crippen molar-refractivity contribution in [1.82, 2.24) is 10.3 Å². The molecule has 2 nitrogen and oxygen atoms in total. The summed E-state index contributed by atoms with van der Waals surface area (Å²) in [5, 5.41) is 3.34. The zero-order valence-electron chi connectivity index (χ0n) is 8.11. The van der Waals surface area contributed by atoms with Crippen LogP contribution in [0.3, 0.4) is 0 Å². The molecule has 2 aromatic rings. The van der Waals surface area contributed by atoms with Crippen LogP contribution in [0.2, 0.25) is 4.47 Å². The molecule has 1 N–H and O–H groups in total. The lowest BCUT2D eigenvalue weighted by Gasteiger charge is -2.02. The average Bonchev–Trinajstić information content (AvgIpc) is 2.66. The van der Waals surface area contributed by atoms with Crippen molar-refractivity contribution in [3.8, 4) is 0 Å². The second-order valence-electron chi connectivity index (χ2n) is 3.17. The van der Waals surface area contributed by atoms with E-state index in [-0.39, 0.29) is 0 Å². The first-order valence-electron chi connectivity index (χ1n) is 4.69. The quantitative estimate of drug-likeness (QED) is 0.886. The van der Waals surface area contributed by atoms with E-state index in [1.54, 1.807) is 0 Å². The second kappa shape index (κ2) is 5.26. The molecule has 0 aliphatic heterocycles. The lowest BCUT2D eigenvalue weighted by atomic mass is 10.2. The van der Waals surface area contributed by atoms with Gasteiger partial charge < -0.3 is 5.32 Å². The molecule has 2 rings (SSSR count).